The number of carbonyl (C=O) groups is 5. The molecule has 218 valence electrons. The van der Waals surface area contributed by atoms with Crippen LogP contribution in [0.1, 0.15) is 19.8 Å². The first-order valence-corrected chi connectivity index (χ1v) is 11.0. The van der Waals surface area contributed by atoms with Gasteiger partial charge in [-0.1, -0.05) is 24.3 Å². The van der Waals surface area contributed by atoms with Crippen LogP contribution in [0.4, 0.5) is 0 Å². The Labute approximate surface area is 217 Å². The number of aliphatic carboxylic acids is 3. The minimum atomic E-state index is -2.27. The number of aliphatic hydroxyl groups excluding tert-OH is 5. The maximum absolute atomic E-state index is 10.8. The summed E-state index contributed by atoms with van der Waals surface area (Å²) in [4.78, 5) is 50.5. The van der Waals surface area contributed by atoms with Crippen LogP contribution in [0, 0.1) is 11.8 Å². The third-order valence-corrected chi connectivity index (χ3v) is 4.83. The summed E-state index contributed by atoms with van der Waals surface area (Å²) >= 11 is 0. The predicted molar refractivity (Wildman–Crippen MR) is 127 cm³/mol. The molecule has 0 unspecified atom stereocenters. The van der Waals surface area contributed by atoms with Gasteiger partial charge in [-0.25, -0.2) is 14.4 Å². The summed E-state index contributed by atoms with van der Waals surface area (Å²) in [6.45, 7) is 1.24. The van der Waals surface area contributed by atoms with Crippen molar-refractivity contribution in [1.82, 2.24) is 0 Å². The van der Waals surface area contributed by atoms with Crippen molar-refractivity contribution in [3.05, 3.63) is 24.3 Å². The average molecular weight is 553 g/mol. The third-order valence-electron chi connectivity index (χ3n) is 4.83. The number of Topliss-reactive ketones (excluding diaryl/α,β-unsaturated/α-hetero) is 1. The van der Waals surface area contributed by atoms with Crippen molar-refractivity contribution in [3.8, 4) is 0 Å². The second kappa shape index (κ2) is 18.9. The van der Waals surface area contributed by atoms with Gasteiger partial charge in [0.1, 0.15) is 6.10 Å². The number of ketones is 1. The number of hydrogen-bond acceptors (Lipinski definition) is 13. The first-order valence-electron chi connectivity index (χ1n) is 11.0. The highest BCUT2D eigenvalue weighted by Crippen LogP contribution is 2.17. The molecule has 8 atom stereocenters. The first-order chi connectivity index (χ1) is 17.5. The van der Waals surface area contributed by atoms with Crippen LogP contribution in [0.25, 0.3) is 0 Å². The van der Waals surface area contributed by atoms with Gasteiger partial charge >= 0.3 is 23.9 Å². The fourth-order valence-corrected chi connectivity index (χ4v) is 2.62. The predicted octanol–water partition coefficient (Wildman–Crippen LogP) is -3.80. The summed E-state index contributed by atoms with van der Waals surface area (Å²) in [5.74, 6) is -5.89. The summed E-state index contributed by atoms with van der Waals surface area (Å²) in [5, 5.41) is 66.2. The van der Waals surface area contributed by atoms with Crippen LogP contribution in [-0.2, 0) is 28.7 Å². The van der Waals surface area contributed by atoms with Gasteiger partial charge in [-0.3, -0.25) is 9.59 Å². The van der Waals surface area contributed by atoms with E-state index in [-0.39, 0.29) is 30.6 Å². The summed E-state index contributed by atoms with van der Waals surface area (Å²) in [6, 6.07) is 0.219. The zero-order chi connectivity index (χ0) is 30.2. The van der Waals surface area contributed by atoms with Gasteiger partial charge in [-0.2, -0.15) is 0 Å². The van der Waals surface area contributed by atoms with E-state index in [0.717, 1.165) is 13.3 Å². The average Bonchev–Trinajstić information content (AvgIpc) is 3.50. The quantitative estimate of drug-likeness (QED) is 0.102. The monoisotopic (exact) mass is 552 g/mol. The van der Waals surface area contributed by atoms with Crippen molar-refractivity contribution in [3.63, 3.8) is 0 Å². The molecule has 2 aliphatic carbocycles. The van der Waals surface area contributed by atoms with Crippen molar-refractivity contribution in [2.45, 2.75) is 56.3 Å². The molecule has 0 radical (unpaired) electrons. The van der Waals surface area contributed by atoms with Crippen molar-refractivity contribution >= 4 is 29.7 Å². The first kappa shape index (κ1) is 36.9. The van der Waals surface area contributed by atoms with Crippen LogP contribution in [0.3, 0.4) is 0 Å². The fourth-order valence-electron chi connectivity index (χ4n) is 2.62. The highest BCUT2D eigenvalue weighted by atomic mass is 16.5. The topological polar surface area (TPSA) is 308 Å². The van der Waals surface area contributed by atoms with E-state index in [0.29, 0.717) is 12.3 Å². The molecule has 0 aromatic carbocycles. The molecule has 2 aliphatic rings. The normalized spacial score (nSPS) is 24.0. The molecule has 0 saturated carbocycles. The lowest BCUT2D eigenvalue weighted by Gasteiger charge is -2.08. The minimum Gasteiger partial charge on any atom is -0.479 e. The van der Waals surface area contributed by atoms with Crippen LogP contribution in [-0.4, -0.2) is 121 Å². The van der Waals surface area contributed by atoms with Gasteiger partial charge in [0.25, 0.3) is 0 Å². The third kappa shape index (κ3) is 15.1. The van der Waals surface area contributed by atoms with E-state index in [4.69, 9.17) is 52.3 Å². The number of nitrogens with two attached hydrogens (primary N) is 2. The largest absolute Gasteiger partial charge is 0.479 e. The van der Waals surface area contributed by atoms with Gasteiger partial charge in [0.15, 0.2) is 24.1 Å². The Hall–Kier alpha value is -3.25. The Morgan fingerprint density at radius 3 is 1.37 bits per heavy atom. The molecular weight excluding hydrogens is 516 g/mol. The molecule has 0 aromatic heterocycles. The Kier molecular flexibility index (Phi) is 18.4. The van der Waals surface area contributed by atoms with Crippen LogP contribution in [0.15, 0.2) is 24.3 Å². The SMILES string of the molecule is CC(=O)[C@H](O)[C@@H](O)C(=O)O.COC(=O)[C@@H]1C=C[C@H](N)C1.N[C@H]1C=C[C@@H](CO)C1.O=C(O)[C@@H](O)[C@H](O)C(=O)O. The molecule has 0 aliphatic heterocycles. The Balaban J connectivity index is 0. The molecule has 2 rings (SSSR count). The van der Waals surface area contributed by atoms with E-state index in [1.165, 1.54) is 7.11 Å². The number of esters is 1. The maximum Gasteiger partial charge on any atom is 0.335 e. The molecule has 38 heavy (non-hydrogen) atoms. The molecule has 0 spiro atoms. The number of ether oxygens (including phenoxy) is 1. The number of rotatable bonds is 8. The van der Waals surface area contributed by atoms with E-state index in [1.54, 1.807) is 6.08 Å². The van der Waals surface area contributed by atoms with E-state index in [2.05, 4.69) is 4.74 Å². The lowest BCUT2D eigenvalue weighted by atomic mass is 10.1. The standard InChI is InChI=1S/C7H11NO2.C6H11NO.C5H8O5.C4H6O6/c1-10-7(9)5-2-3-6(8)4-5;7-6-2-1-5(3-6)4-8;1-2(6)3(7)4(8)5(9)10;5-1(3(7)8)2(6)4(9)10/h2-3,5-6H,4,8H2,1H3;1-2,5-6,8H,3-4,7H2;3-4,7-8H,1H3,(H,9,10);1-2,5-6H,(H,7,8)(H,9,10)/t2*5-,6+;3-,4+;1-,2-/m1100/s1. The zero-order valence-electron chi connectivity index (χ0n) is 20.7. The van der Waals surface area contributed by atoms with Crippen LogP contribution in [0.2, 0.25) is 0 Å². The summed E-state index contributed by atoms with van der Waals surface area (Å²) < 4.78 is 4.54. The molecule has 0 saturated heterocycles. The van der Waals surface area contributed by atoms with Gasteiger partial charge in [-0.15, -0.1) is 0 Å². The molecule has 16 heteroatoms. The van der Waals surface area contributed by atoms with Crippen LogP contribution in [0.5, 0.6) is 0 Å². The number of methoxy groups -OCH3 is 1. The zero-order valence-corrected chi connectivity index (χ0v) is 20.7. The number of carboxylic acid groups (broad SMARTS) is 3. The maximum atomic E-state index is 10.8. The number of carboxylic acids is 3. The second-order valence-corrected chi connectivity index (χ2v) is 8.05. The Morgan fingerprint density at radius 1 is 0.763 bits per heavy atom. The Morgan fingerprint density at radius 2 is 1.16 bits per heavy atom. The number of carbonyl (C=O) groups excluding carboxylic acids is 2. The van der Waals surface area contributed by atoms with E-state index >= 15 is 0 Å². The summed E-state index contributed by atoms with van der Waals surface area (Å²) in [5.41, 5.74) is 11.0. The van der Waals surface area contributed by atoms with Gasteiger partial charge in [0.2, 0.25) is 0 Å². The highest BCUT2D eigenvalue weighted by molar-refractivity contribution is 5.87. The molecule has 0 bridgehead atoms. The van der Waals surface area contributed by atoms with Crippen molar-refractivity contribution in [2.75, 3.05) is 13.7 Å². The van der Waals surface area contributed by atoms with Crippen LogP contribution >= 0.6 is 0 Å². The highest BCUT2D eigenvalue weighted by Gasteiger charge is 2.29. The van der Waals surface area contributed by atoms with Crippen molar-refractivity contribution in [1.29, 1.82) is 0 Å². The molecule has 0 heterocycles. The van der Waals surface area contributed by atoms with Gasteiger partial charge in [0.05, 0.1) is 13.0 Å². The van der Waals surface area contributed by atoms with Gasteiger partial charge < -0.3 is 57.1 Å². The molecular formula is C22H36N2O14. The van der Waals surface area contributed by atoms with E-state index in [9.17, 15) is 24.0 Å². The van der Waals surface area contributed by atoms with Gasteiger partial charge in [-0.05, 0) is 19.8 Å². The number of hydrogen-bond donors (Lipinski definition) is 10. The van der Waals surface area contributed by atoms with Crippen LogP contribution < -0.4 is 11.5 Å². The van der Waals surface area contributed by atoms with E-state index < -0.39 is 48.1 Å². The van der Waals surface area contributed by atoms with Crippen molar-refractivity contribution < 1.29 is 69.6 Å². The lowest BCUT2D eigenvalue weighted by molar-refractivity contribution is -0.165. The number of aliphatic hydroxyl groups is 5. The molecule has 12 N–H and O–H groups in total. The van der Waals surface area contributed by atoms with Crippen molar-refractivity contribution in [2.24, 2.45) is 23.3 Å². The summed E-state index contributed by atoms with van der Waals surface area (Å²) in [7, 11) is 1.39. The smallest absolute Gasteiger partial charge is 0.335 e. The molecule has 0 amide bonds. The van der Waals surface area contributed by atoms with Gasteiger partial charge in [0, 0.05) is 24.6 Å². The lowest BCUT2D eigenvalue weighted by Crippen LogP contribution is -2.39. The van der Waals surface area contributed by atoms with E-state index in [1.807, 2.05) is 18.2 Å². The summed E-state index contributed by atoms with van der Waals surface area (Å²) in [6.07, 6.45) is 0.789. The second-order valence-electron chi connectivity index (χ2n) is 8.05. The molecule has 0 fully saturated rings. The Bertz CT molecular complexity index is 774. The molecule has 16 nitrogen and oxygen atoms in total. The fraction of sp³-hybridized carbons (Fsp3) is 0.591. The minimum absolute atomic E-state index is 0.0316. The molecule has 0 aromatic rings.